The summed E-state index contributed by atoms with van der Waals surface area (Å²) in [6.45, 7) is 3.49. The fourth-order valence-corrected chi connectivity index (χ4v) is 3.88. The van der Waals surface area contributed by atoms with Crippen LogP contribution in [0, 0.1) is 6.92 Å². The van der Waals surface area contributed by atoms with Crippen molar-refractivity contribution in [1.29, 1.82) is 0 Å². The second-order valence-corrected chi connectivity index (χ2v) is 7.20. The predicted octanol–water partition coefficient (Wildman–Crippen LogP) is 3.49. The van der Waals surface area contributed by atoms with Crippen LogP contribution in [0.1, 0.15) is 29.0 Å². The van der Waals surface area contributed by atoms with Crippen molar-refractivity contribution in [2.75, 3.05) is 20.1 Å². The highest BCUT2D eigenvalue weighted by Crippen LogP contribution is 2.23. The molecule has 1 amide bonds. The van der Waals surface area contributed by atoms with E-state index in [2.05, 4.69) is 39.9 Å². The number of carbonyl (C=O) groups excluding carboxylic acids is 1. The first-order chi connectivity index (χ1) is 13.7. The first-order valence-corrected chi connectivity index (χ1v) is 9.73. The molecule has 1 atom stereocenters. The van der Waals surface area contributed by atoms with Gasteiger partial charge in [0.2, 0.25) is 0 Å². The molecule has 0 saturated carbocycles. The molecule has 6 nitrogen and oxygen atoms in total. The molecule has 29 heavy (non-hydrogen) atoms. The van der Waals surface area contributed by atoms with E-state index in [4.69, 9.17) is 0 Å². The Morgan fingerprint density at radius 3 is 2.48 bits per heavy atom. The van der Waals surface area contributed by atoms with Crippen molar-refractivity contribution in [3.63, 3.8) is 0 Å². The first kappa shape index (κ1) is 21.0. The number of nitrogens with one attached hydrogen (secondary N) is 1. The standard InChI is InChI=1S/C22H25N5O.ClH/c1-16-21(22(28)26-14-6-9-20(26)15-23-2)24-25-27(16)19-12-10-18(11-13-19)17-7-4-3-5-8-17;/h3-5,7-8,10-13,20,23H,6,9,14-15H2,1-2H3;1H. The molecular formula is C22H26ClN5O. The summed E-state index contributed by atoms with van der Waals surface area (Å²) < 4.78 is 1.74. The third-order valence-electron chi connectivity index (χ3n) is 5.39. The monoisotopic (exact) mass is 411 g/mol. The van der Waals surface area contributed by atoms with Gasteiger partial charge in [0.05, 0.1) is 11.4 Å². The minimum absolute atomic E-state index is 0. The molecule has 0 bridgehead atoms. The van der Waals surface area contributed by atoms with Gasteiger partial charge in [0, 0.05) is 19.1 Å². The summed E-state index contributed by atoms with van der Waals surface area (Å²) >= 11 is 0. The molecular weight excluding hydrogens is 386 g/mol. The van der Waals surface area contributed by atoms with Gasteiger partial charge in [0.25, 0.3) is 5.91 Å². The van der Waals surface area contributed by atoms with Gasteiger partial charge >= 0.3 is 0 Å². The molecule has 7 heteroatoms. The van der Waals surface area contributed by atoms with Crippen LogP contribution < -0.4 is 5.32 Å². The van der Waals surface area contributed by atoms with E-state index in [9.17, 15) is 4.79 Å². The topological polar surface area (TPSA) is 63.1 Å². The molecule has 0 aliphatic carbocycles. The van der Waals surface area contributed by atoms with Gasteiger partial charge in [-0.3, -0.25) is 4.79 Å². The van der Waals surface area contributed by atoms with E-state index in [1.165, 1.54) is 5.56 Å². The van der Waals surface area contributed by atoms with Crippen LogP contribution in [0.3, 0.4) is 0 Å². The highest BCUT2D eigenvalue weighted by molar-refractivity contribution is 5.93. The van der Waals surface area contributed by atoms with Crippen molar-refractivity contribution in [1.82, 2.24) is 25.2 Å². The Hall–Kier alpha value is -2.70. The molecule has 4 rings (SSSR count). The van der Waals surface area contributed by atoms with Gasteiger partial charge in [0.15, 0.2) is 5.69 Å². The Labute approximate surface area is 177 Å². The summed E-state index contributed by atoms with van der Waals surface area (Å²) in [5.41, 5.74) is 4.43. The van der Waals surface area contributed by atoms with Gasteiger partial charge in [-0.15, -0.1) is 17.5 Å². The van der Waals surface area contributed by atoms with E-state index < -0.39 is 0 Å². The zero-order chi connectivity index (χ0) is 19.5. The van der Waals surface area contributed by atoms with Crippen LogP contribution in [-0.2, 0) is 0 Å². The molecule has 1 N–H and O–H groups in total. The van der Waals surface area contributed by atoms with Crippen LogP contribution >= 0.6 is 12.4 Å². The molecule has 1 unspecified atom stereocenters. The third-order valence-corrected chi connectivity index (χ3v) is 5.39. The fourth-order valence-electron chi connectivity index (χ4n) is 3.88. The van der Waals surface area contributed by atoms with Crippen LogP contribution in [0.15, 0.2) is 54.6 Å². The number of carbonyl (C=O) groups is 1. The highest BCUT2D eigenvalue weighted by Gasteiger charge is 2.31. The van der Waals surface area contributed by atoms with Crippen molar-refractivity contribution in [3.05, 3.63) is 66.0 Å². The second-order valence-electron chi connectivity index (χ2n) is 7.20. The average Bonchev–Trinajstić information content (AvgIpc) is 3.35. The van der Waals surface area contributed by atoms with E-state index in [1.54, 1.807) is 4.68 Å². The van der Waals surface area contributed by atoms with Crippen molar-refractivity contribution < 1.29 is 4.79 Å². The number of hydrogen-bond donors (Lipinski definition) is 1. The van der Waals surface area contributed by atoms with Crippen molar-refractivity contribution in [2.45, 2.75) is 25.8 Å². The van der Waals surface area contributed by atoms with Crippen LogP contribution in [-0.4, -0.2) is 52.0 Å². The maximum Gasteiger partial charge on any atom is 0.276 e. The molecule has 2 aromatic carbocycles. The summed E-state index contributed by atoms with van der Waals surface area (Å²) in [7, 11) is 1.92. The maximum atomic E-state index is 13.0. The molecule has 1 fully saturated rings. The molecule has 1 aromatic heterocycles. The number of nitrogens with zero attached hydrogens (tertiary/aromatic N) is 4. The number of rotatable bonds is 5. The molecule has 1 aliphatic rings. The Kier molecular flexibility index (Phi) is 6.67. The fraction of sp³-hybridized carbons (Fsp3) is 0.318. The first-order valence-electron chi connectivity index (χ1n) is 9.73. The van der Waals surface area contributed by atoms with E-state index in [0.717, 1.165) is 42.9 Å². The second kappa shape index (κ2) is 9.20. The summed E-state index contributed by atoms with van der Waals surface area (Å²) in [6, 6.07) is 18.6. The number of likely N-dealkylation sites (tertiary alicyclic amines) is 1. The number of benzene rings is 2. The summed E-state index contributed by atoms with van der Waals surface area (Å²) in [6.07, 6.45) is 2.06. The number of amides is 1. The summed E-state index contributed by atoms with van der Waals surface area (Å²) in [5.74, 6) is -0.0256. The minimum Gasteiger partial charge on any atom is -0.333 e. The molecule has 152 valence electrons. The number of aromatic nitrogens is 3. The zero-order valence-corrected chi connectivity index (χ0v) is 17.5. The molecule has 2 heterocycles. The van der Waals surface area contributed by atoms with E-state index in [1.807, 2.05) is 49.2 Å². The SMILES string of the molecule is CNCC1CCCN1C(=O)c1nnn(-c2ccc(-c3ccccc3)cc2)c1C.Cl. The third kappa shape index (κ3) is 4.18. The minimum atomic E-state index is -0.0256. The lowest BCUT2D eigenvalue weighted by molar-refractivity contribution is 0.0730. The Bertz CT molecular complexity index is 955. The maximum absolute atomic E-state index is 13.0. The Morgan fingerprint density at radius 1 is 1.10 bits per heavy atom. The van der Waals surface area contributed by atoms with Crippen molar-refractivity contribution in [2.24, 2.45) is 0 Å². The molecule has 1 saturated heterocycles. The molecule has 1 aliphatic heterocycles. The largest absolute Gasteiger partial charge is 0.333 e. The summed E-state index contributed by atoms with van der Waals surface area (Å²) in [5, 5.41) is 11.6. The highest BCUT2D eigenvalue weighted by atomic mass is 35.5. The Morgan fingerprint density at radius 2 is 1.79 bits per heavy atom. The smallest absolute Gasteiger partial charge is 0.276 e. The molecule has 0 spiro atoms. The Balaban J connectivity index is 0.00000240. The lowest BCUT2D eigenvalue weighted by Gasteiger charge is -2.23. The van der Waals surface area contributed by atoms with Crippen molar-refractivity contribution >= 4 is 18.3 Å². The summed E-state index contributed by atoms with van der Waals surface area (Å²) in [4.78, 5) is 14.9. The van der Waals surface area contributed by atoms with E-state index in [0.29, 0.717) is 5.69 Å². The molecule has 0 radical (unpaired) electrons. The van der Waals surface area contributed by atoms with Gasteiger partial charge in [-0.2, -0.15) is 0 Å². The number of hydrogen-bond acceptors (Lipinski definition) is 4. The number of likely N-dealkylation sites (N-methyl/N-ethyl adjacent to an activating group) is 1. The van der Waals surface area contributed by atoms with Gasteiger partial charge < -0.3 is 10.2 Å². The van der Waals surface area contributed by atoms with Crippen LogP contribution in [0.4, 0.5) is 0 Å². The lowest BCUT2D eigenvalue weighted by atomic mass is 10.1. The normalized spacial score (nSPS) is 15.9. The predicted molar refractivity (Wildman–Crippen MR) is 117 cm³/mol. The quantitative estimate of drug-likeness (QED) is 0.698. The van der Waals surface area contributed by atoms with Crippen LogP contribution in [0.25, 0.3) is 16.8 Å². The van der Waals surface area contributed by atoms with Gasteiger partial charge in [-0.1, -0.05) is 47.7 Å². The molecule has 3 aromatic rings. The van der Waals surface area contributed by atoms with Gasteiger partial charge in [0.1, 0.15) is 0 Å². The average molecular weight is 412 g/mol. The van der Waals surface area contributed by atoms with Crippen LogP contribution in [0.2, 0.25) is 0 Å². The zero-order valence-electron chi connectivity index (χ0n) is 16.7. The van der Waals surface area contributed by atoms with Gasteiger partial charge in [-0.25, -0.2) is 4.68 Å². The van der Waals surface area contributed by atoms with Crippen molar-refractivity contribution in [3.8, 4) is 16.8 Å². The van der Waals surface area contributed by atoms with Crippen LogP contribution in [0.5, 0.6) is 0 Å². The van der Waals surface area contributed by atoms with Gasteiger partial charge in [-0.05, 0) is 50.1 Å². The lowest BCUT2D eigenvalue weighted by Crippen LogP contribution is -2.41. The van der Waals surface area contributed by atoms with E-state index >= 15 is 0 Å². The van der Waals surface area contributed by atoms with E-state index in [-0.39, 0.29) is 24.4 Å². The number of halogens is 1.